The van der Waals surface area contributed by atoms with Crippen molar-refractivity contribution in [2.75, 3.05) is 0 Å². The van der Waals surface area contributed by atoms with Gasteiger partial charge in [0.25, 0.3) is 0 Å². The van der Waals surface area contributed by atoms with E-state index in [4.69, 9.17) is 0 Å². The summed E-state index contributed by atoms with van der Waals surface area (Å²) in [5.41, 5.74) is 1.43. The third-order valence-corrected chi connectivity index (χ3v) is 3.11. The predicted molar refractivity (Wildman–Crippen MR) is 78.0 cm³/mol. The van der Waals surface area contributed by atoms with Crippen LogP contribution in [0.5, 0.6) is 0 Å². The first kappa shape index (κ1) is 15.0. The molecule has 2 heteroatoms. The van der Waals surface area contributed by atoms with Gasteiger partial charge < -0.3 is 4.57 Å². The van der Waals surface area contributed by atoms with Crippen LogP contribution in [0.15, 0.2) is 23.3 Å². The van der Waals surface area contributed by atoms with Gasteiger partial charge in [0, 0.05) is 30.6 Å². The molecular weight excluding hydrogens is 222 g/mol. The lowest BCUT2D eigenvalue weighted by Gasteiger charge is -2.24. The smallest absolute Gasteiger partial charge is 0.184 e. The summed E-state index contributed by atoms with van der Waals surface area (Å²) in [6, 6.07) is 1.69. The normalized spacial score (nSPS) is 13.9. The van der Waals surface area contributed by atoms with Crippen LogP contribution < -0.4 is 5.43 Å². The molecule has 102 valence electrons. The summed E-state index contributed by atoms with van der Waals surface area (Å²) in [6.07, 6.45) is 5.12. The number of rotatable bonds is 4. The Bertz CT molecular complexity index is 437. The zero-order valence-corrected chi connectivity index (χ0v) is 12.7. The summed E-state index contributed by atoms with van der Waals surface area (Å²) < 4.78 is 2.16. The van der Waals surface area contributed by atoms with E-state index in [1.807, 2.05) is 12.4 Å². The Hall–Kier alpha value is -1.05. The van der Waals surface area contributed by atoms with E-state index in [1.165, 1.54) is 6.42 Å². The molecule has 1 heterocycles. The third-order valence-electron chi connectivity index (χ3n) is 3.11. The molecule has 2 nitrogen and oxygen atoms in total. The maximum atomic E-state index is 11.7. The van der Waals surface area contributed by atoms with Gasteiger partial charge in [0.1, 0.15) is 0 Å². The van der Waals surface area contributed by atoms with Crippen molar-refractivity contribution in [3.8, 4) is 0 Å². The Morgan fingerprint density at radius 3 is 2.33 bits per heavy atom. The molecule has 0 aliphatic carbocycles. The monoisotopic (exact) mass is 249 g/mol. The Labute approximate surface area is 111 Å². The van der Waals surface area contributed by atoms with Gasteiger partial charge in [0.05, 0.1) is 0 Å². The van der Waals surface area contributed by atoms with Crippen molar-refractivity contribution in [2.24, 2.45) is 11.3 Å². The molecule has 0 saturated heterocycles. The maximum Gasteiger partial charge on any atom is 0.184 e. The molecule has 0 saturated carbocycles. The minimum atomic E-state index is 0.157. The zero-order chi connectivity index (χ0) is 13.9. The molecule has 1 unspecified atom stereocenters. The summed E-state index contributed by atoms with van der Waals surface area (Å²) in [5, 5.41) is 0. The van der Waals surface area contributed by atoms with Crippen molar-refractivity contribution in [1.29, 1.82) is 0 Å². The molecule has 0 fully saturated rings. The fourth-order valence-corrected chi connectivity index (χ4v) is 2.56. The van der Waals surface area contributed by atoms with Crippen LogP contribution >= 0.6 is 0 Å². The van der Waals surface area contributed by atoms with E-state index in [0.29, 0.717) is 17.3 Å². The van der Waals surface area contributed by atoms with Gasteiger partial charge in [-0.05, 0) is 23.7 Å². The van der Waals surface area contributed by atoms with Crippen LogP contribution in [0, 0.1) is 11.3 Å². The summed E-state index contributed by atoms with van der Waals surface area (Å²) in [4.78, 5) is 11.7. The van der Waals surface area contributed by atoms with Crippen molar-refractivity contribution in [3.05, 3.63) is 34.2 Å². The fraction of sp³-hybridized carbons (Fsp3) is 0.688. The van der Waals surface area contributed by atoms with E-state index in [-0.39, 0.29) is 5.43 Å². The Morgan fingerprint density at radius 2 is 1.83 bits per heavy atom. The Morgan fingerprint density at radius 1 is 1.22 bits per heavy atom. The summed E-state index contributed by atoms with van der Waals surface area (Å²) in [7, 11) is 0. The molecule has 0 N–H and O–H groups in total. The van der Waals surface area contributed by atoms with E-state index in [1.54, 1.807) is 6.07 Å². The highest BCUT2D eigenvalue weighted by atomic mass is 16.1. The molecule has 18 heavy (non-hydrogen) atoms. The highest BCUT2D eigenvalue weighted by molar-refractivity contribution is 5.14. The zero-order valence-electron chi connectivity index (χ0n) is 12.7. The van der Waals surface area contributed by atoms with Crippen molar-refractivity contribution in [1.82, 2.24) is 4.57 Å². The number of hydrogen-bond donors (Lipinski definition) is 0. The van der Waals surface area contributed by atoms with Gasteiger partial charge in [-0.25, -0.2) is 0 Å². The highest BCUT2D eigenvalue weighted by Gasteiger charge is 2.15. The van der Waals surface area contributed by atoms with Crippen LogP contribution in [0.25, 0.3) is 0 Å². The average Bonchev–Trinajstić information content (AvgIpc) is 2.17. The van der Waals surface area contributed by atoms with Crippen LogP contribution in [0.4, 0.5) is 0 Å². The molecular formula is C16H27NO. The first-order valence-corrected chi connectivity index (χ1v) is 6.89. The lowest BCUT2D eigenvalue weighted by atomic mass is 9.85. The first-order valence-electron chi connectivity index (χ1n) is 6.89. The van der Waals surface area contributed by atoms with Crippen LogP contribution in [-0.2, 0) is 6.54 Å². The third kappa shape index (κ3) is 4.67. The van der Waals surface area contributed by atoms with E-state index >= 15 is 0 Å². The van der Waals surface area contributed by atoms with Gasteiger partial charge in [0.15, 0.2) is 5.43 Å². The van der Waals surface area contributed by atoms with Crippen molar-refractivity contribution in [3.63, 3.8) is 0 Å². The maximum absolute atomic E-state index is 11.7. The SMILES string of the molecule is CC(Cn1ccc(=O)c(C(C)C)c1)CC(C)(C)C. The molecule has 0 aliphatic rings. The van der Waals surface area contributed by atoms with Crippen LogP contribution in [0.2, 0.25) is 0 Å². The van der Waals surface area contributed by atoms with Gasteiger partial charge >= 0.3 is 0 Å². The molecule has 0 aromatic carbocycles. The highest BCUT2D eigenvalue weighted by Crippen LogP contribution is 2.25. The van der Waals surface area contributed by atoms with Gasteiger partial charge in [-0.2, -0.15) is 0 Å². The second-order valence-electron chi connectivity index (χ2n) is 6.99. The van der Waals surface area contributed by atoms with Crippen molar-refractivity contribution >= 4 is 0 Å². The van der Waals surface area contributed by atoms with Crippen molar-refractivity contribution in [2.45, 2.75) is 60.4 Å². The molecule has 1 rings (SSSR count). The van der Waals surface area contributed by atoms with E-state index in [0.717, 1.165) is 12.1 Å². The second kappa shape index (κ2) is 5.73. The summed E-state index contributed by atoms with van der Waals surface area (Å²) in [6.45, 7) is 14.2. The van der Waals surface area contributed by atoms with Gasteiger partial charge in [-0.3, -0.25) is 4.79 Å². The number of aromatic nitrogens is 1. The number of nitrogens with zero attached hydrogens (tertiary/aromatic N) is 1. The average molecular weight is 249 g/mol. The van der Waals surface area contributed by atoms with Gasteiger partial charge in [0.2, 0.25) is 0 Å². The Balaban J connectivity index is 2.80. The van der Waals surface area contributed by atoms with Gasteiger partial charge in [-0.1, -0.05) is 41.5 Å². The minimum Gasteiger partial charge on any atom is -0.353 e. The van der Waals surface area contributed by atoms with E-state index < -0.39 is 0 Å². The standard InChI is InChI=1S/C16H27NO/c1-12(2)14-11-17(8-7-15(14)18)10-13(3)9-16(4,5)6/h7-8,11-13H,9-10H2,1-6H3. The minimum absolute atomic E-state index is 0.157. The molecule has 1 aromatic rings. The molecule has 0 spiro atoms. The Kier molecular flexibility index (Phi) is 4.78. The summed E-state index contributed by atoms with van der Waals surface area (Å²) in [5.74, 6) is 0.912. The second-order valence-corrected chi connectivity index (χ2v) is 6.99. The van der Waals surface area contributed by atoms with Crippen LogP contribution in [0.1, 0.15) is 59.4 Å². The molecule has 0 amide bonds. The lowest BCUT2D eigenvalue weighted by molar-refractivity contribution is 0.285. The lowest BCUT2D eigenvalue weighted by Crippen LogP contribution is -2.18. The predicted octanol–water partition coefficient (Wildman–Crippen LogP) is 4.04. The summed E-state index contributed by atoms with van der Waals surface area (Å²) >= 11 is 0. The van der Waals surface area contributed by atoms with Crippen LogP contribution in [0.3, 0.4) is 0 Å². The molecule has 1 atom stereocenters. The van der Waals surface area contributed by atoms with Gasteiger partial charge in [-0.15, -0.1) is 0 Å². The number of pyridine rings is 1. The molecule has 0 aliphatic heterocycles. The molecule has 0 bridgehead atoms. The molecule has 1 aromatic heterocycles. The van der Waals surface area contributed by atoms with E-state index in [2.05, 4.69) is 46.1 Å². The quantitative estimate of drug-likeness (QED) is 0.789. The number of hydrogen-bond acceptors (Lipinski definition) is 1. The van der Waals surface area contributed by atoms with Crippen molar-refractivity contribution < 1.29 is 0 Å². The van der Waals surface area contributed by atoms with E-state index in [9.17, 15) is 4.79 Å². The topological polar surface area (TPSA) is 22.0 Å². The molecule has 0 radical (unpaired) electrons. The fourth-order valence-electron chi connectivity index (χ4n) is 2.56. The largest absolute Gasteiger partial charge is 0.353 e. The van der Waals surface area contributed by atoms with Crippen LogP contribution in [-0.4, -0.2) is 4.57 Å². The first-order chi connectivity index (χ1) is 8.19.